The second kappa shape index (κ2) is 7.93. The Kier molecular flexibility index (Phi) is 5.37. The van der Waals surface area contributed by atoms with Crippen molar-refractivity contribution >= 4 is 21.6 Å². The topological polar surface area (TPSA) is 78.5 Å². The Bertz CT molecular complexity index is 968. The smallest absolute Gasteiger partial charge is 0.264 e. The summed E-state index contributed by atoms with van der Waals surface area (Å²) in [6, 6.07) is 14.0. The van der Waals surface area contributed by atoms with E-state index >= 15 is 0 Å². The minimum absolute atomic E-state index is 0.0792. The minimum atomic E-state index is -3.72. The molecule has 2 aromatic carbocycles. The molecule has 2 N–H and O–H groups in total. The van der Waals surface area contributed by atoms with Gasteiger partial charge in [-0.15, -0.1) is 0 Å². The number of carbonyl (C=O) groups is 1. The molecule has 2 heterocycles. The molecule has 0 saturated carbocycles. The summed E-state index contributed by atoms with van der Waals surface area (Å²) in [5.74, 6) is -0.232. The maximum absolute atomic E-state index is 13.3. The molecule has 0 spiro atoms. The molecular weight excluding hydrogens is 374 g/mol. The van der Waals surface area contributed by atoms with Gasteiger partial charge in [0, 0.05) is 24.7 Å². The first-order valence-electron chi connectivity index (χ1n) is 9.78. The predicted molar refractivity (Wildman–Crippen MR) is 109 cm³/mol. The first kappa shape index (κ1) is 19.0. The van der Waals surface area contributed by atoms with Gasteiger partial charge in [-0.25, -0.2) is 8.42 Å². The van der Waals surface area contributed by atoms with Crippen LogP contribution in [0.1, 0.15) is 35.2 Å². The highest BCUT2D eigenvalue weighted by atomic mass is 32.2. The Morgan fingerprint density at radius 1 is 1.11 bits per heavy atom. The number of nitrogens with one attached hydrogen (secondary N) is 2. The largest absolute Gasteiger partial charge is 0.348 e. The standard InChI is InChI=1S/C21H25N3O3S/c25-21(23-18-9-4-12-22-15-18)17-7-3-10-19(14-17)28(26,27)24-13-5-8-16-6-1-2-11-20(16)24/h1-3,6-7,10-11,14,18,22H,4-5,8-9,12-13,15H2,(H,23,25). The van der Waals surface area contributed by atoms with Gasteiger partial charge in [0.15, 0.2) is 0 Å². The molecule has 1 saturated heterocycles. The molecule has 1 atom stereocenters. The van der Waals surface area contributed by atoms with Crippen molar-refractivity contribution in [2.24, 2.45) is 0 Å². The average molecular weight is 400 g/mol. The molecule has 1 fully saturated rings. The van der Waals surface area contributed by atoms with Crippen LogP contribution in [0.5, 0.6) is 0 Å². The highest BCUT2D eigenvalue weighted by Gasteiger charge is 2.29. The minimum Gasteiger partial charge on any atom is -0.348 e. The summed E-state index contributed by atoms with van der Waals surface area (Å²) in [6.07, 6.45) is 3.61. The fourth-order valence-electron chi connectivity index (χ4n) is 3.92. The normalized spacial score (nSPS) is 19.7. The highest BCUT2D eigenvalue weighted by molar-refractivity contribution is 7.92. The second-order valence-electron chi connectivity index (χ2n) is 7.35. The van der Waals surface area contributed by atoms with Gasteiger partial charge in [-0.1, -0.05) is 24.3 Å². The van der Waals surface area contributed by atoms with E-state index in [0.29, 0.717) is 12.1 Å². The molecule has 0 aliphatic carbocycles. The van der Waals surface area contributed by atoms with Crippen molar-refractivity contribution in [2.75, 3.05) is 23.9 Å². The molecule has 2 aliphatic heterocycles. The maximum atomic E-state index is 13.3. The van der Waals surface area contributed by atoms with Gasteiger partial charge < -0.3 is 10.6 Å². The number of carbonyl (C=O) groups excluding carboxylic acids is 1. The van der Waals surface area contributed by atoms with Crippen LogP contribution in [0.3, 0.4) is 0 Å². The van der Waals surface area contributed by atoms with E-state index in [2.05, 4.69) is 10.6 Å². The third-order valence-corrected chi connectivity index (χ3v) is 7.19. The molecule has 148 valence electrons. The number of rotatable bonds is 4. The molecule has 0 aromatic heterocycles. The van der Waals surface area contributed by atoms with E-state index < -0.39 is 10.0 Å². The first-order valence-corrected chi connectivity index (χ1v) is 11.2. The number of anilines is 1. The fourth-order valence-corrected chi connectivity index (χ4v) is 5.50. The molecule has 1 unspecified atom stereocenters. The van der Waals surface area contributed by atoms with Gasteiger partial charge >= 0.3 is 0 Å². The van der Waals surface area contributed by atoms with Gasteiger partial charge in [0.25, 0.3) is 15.9 Å². The predicted octanol–water partition coefficient (Wildman–Crippen LogP) is 2.31. The van der Waals surface area contributed by atoms with Crippen LogP contribution < -0.4 is 14.9 Å². The molecule has 0 bridgehead atoms. The summed E-state index contributed by atoms with van der Waals surface area (Å²) in [5, 5.41) is 6.26. The number of fused-ring (bicyclic) bond motifs is 1. The highest BCUT2D eigenvalue weighted by Crippen LogP contribution is 2.31. The molecule has 4 rings (SSSR count). The van der Waals surface area contributed by atoms with Gasteiger partial charge in [0.05, 0.1) is 10.6 Å². The Balaban J connectivity index is 1.59. The zero-order valence-corrected chi connectivity index (χ0v) is 16.5. The van der Waals surface area contributed by atoms with Gasteiger partial charge in [-0.3, -0.25) is 9.10 Å². The van der Waals surface area contributed by atoms with Crippen LogP contribution in [-0.4, -0.2) is 40.0 Å². The van der Waals surface area contributed by atoms with Crippen LogP contribution in [-0.2, 0) is 16.4 Å². The fraction of sp³-hybridized carbons (Fsp3) is 0.381. The molecule has 6 nitrogen and oxygen atoms in total. The molecule has 1 amide bonds. The Morgan fingerprint density at radius 2 is 1.96 bits per heavy atom. The lowest BCUT2D eigenvalue weighted by molar-refractivity contribution is 0.0930. The van der Waals surface area contributed by atoms with E-state index in [-0.39, 0.29) is 16.8 Å². The van der Waals surface area contributed by atoms with Crippen LogP contribution in [0.25, 0.3) is 0 Å². The molecule has 7 heteroatoms. The van der Waals surface area contributed by atoms with Crippen LogP contribution in [0, 0.1) is 0 Å². The SMILES string of the molecule is O=C(NC1CCCNC1)c1cccc(S(=O)(=O)N2CCCc3ccccc32)c1. The van der Waals surface area contributed by atoms with E-state index in [0.717, 1.165) is 50.0 Å². The lowest BCUT2D eigenvalue weighted by Crippen LogP contribution is -2.45. The number of piperidine rings is 1. The zero-order valence-electron chi connectivity index (χ0n) is 15.7. The van der Waals surface area contributed by atoms with E-state index in [1.165, 1.54) is 10.4 Å². The lowest BCUT2D eigenvalue weighted by atomic mass is 10.0. The number of aryl methyl sites for hydroxylation is 1. The van der Waals surface area contributed by atoms with Crippen molar-refractivity contribution in [3.05, 3.63) is 59.7 Å². The Hall–Kier alpha value is -2.38. The van der Waals surface area contributed by atoms with Gasteiger partial charge in [0.2, 0.25) is 0 Å². The summed E-state index contributed by atoms with van der Waals surface area (Å²) < 4.78 is 28.1. The lowest BCUT2D eigenvalue weighted by Gasteiger charge is -2.30. The van der Waals surface area contributed by atoms with Crippen LogP contribution in [0.4, 0.5) is 5.69 Å². The molecular formula is C21H25N3O3S. The quantitative estimate of drug-likeness (QED) is 0.827. The molecule has 28 heavy (non-hydrogen) atoms. The molecule has 2 aliphatic rings. The van der Waals surface area contributed by atoms with E-state index in [9.17, 15) is 13.2 Å². The number of hydrogen-bond acceptors (Lipinski definition) is 4. The van der Waals surface area contributed by atoms with E-state index in [1.54, 1.807) is 18.2 Å². The summed E-state index contributed by atoms with van der Waals surface area (Å²) in [7, 11) is -3.72. The zero-order chi connectivity index (χ0) is 19.6. The third-order valence-electron chi connectivity index (χ3n) is 5.38. The summed E-state index contributed by atoms with van der Waals surface area (Å²) in [6.45, 7) is 2.16. The summed E-state index contributed by atoms with van der Waals surface area (Å²) in [4.78, 5) is 12.8. The van der Waals surface area contributed by atoms with Gasteiger partial charge in [-0.2, -0.15) is 0 Å². The number of benzene rings is 2. The summed E-state index contributed by atoms with van der Waals surface area (Å²) in [5.41, 5.74) is 2.14. The average Bonchev–Trinajstić information content (AvgIpc) is 2.74. The van der Waals surface area contributed by atoms with Crippen molar-refractivity contribution in [2.45, 2.75) is 36.6 Å². The number of nitrogens with zero attached hydrogens (tertiary/aromatic N) is 1. The van der Waals surface area contributed by atoms with Crippen molar-refractivity contribution in [3.63, 3.8) is 0 Å². The van der Waals surface area contributed by atoms with E-state index in [4.69, 9.17) is 0 Å². The van der Waals surface area contributed by atoms with Crippen molar-refractivity contribution in [3.8, 4) is 0 Å². The number of para-hydroxylation sites is 1. The van der Waals surface area contributed by atoms with Crippen molar-refractivity contribution in [1.82, 2.24) is 10.6 Å². The van der Waals surface area contributed by atoms with Crippen LogP contribution >= 0.6 is 0 Å². The van der Waals surface area contributed by atoms with E-state index in [1.807, 2.05) is 24.3 Å². The van der Waals surface area contributed by atoms with Crippen LogP contribution in [0.15, 0.2) is 53.4 Å². The molecule has 0 radical (unpaired) electrons. The number of sulfonamides is 1. The number of hydrogen-bond donors (Lipinski definition) is 2. The van der Waals surface area contributed by atoms with Crippen LogP contribution in [0.2, 0.25) is 0 Å². The Morgan fingerprint density at radius 3 is 2.79 bits per heavy atom. The third kappa shape index (κ3) is 3.77. The molecule has 2 aromatic rings. The van der Waals surface area contributed by atoms with Gasteiger partial charge in [-0.05, 0) is 62.1 Å². The second-order valence-corrected chi connectivity index (χ2v) is 9.22. The maximum Gasteiger partial charge on any atom is 0.264 e. The van der Waals surface area contributed by atoms with Crippen molar-refractivity contribution in [1.29, 1.82) is 0 Å². The van der Waals surface area contributed by atoms with Gasteiger partial charge in [0.1, 0.15) is 0 Å². The number of amides is 1. The van der Waals surface area contributed by atoms with Crippen molar-refractivity contribution < 1.29 is 13.2 Å². The monoisotopic (exact) mass is 399 g/mol. The Labute approximate surface area is 166 Å². The summed E-state index contributed by atoms with van der Waals surface area (Å²) >= 11 is 0. The first-order chi connectivity index (χ1) is 13.6.